The van der Waals surface area contributed by atoms with Crippen LogP contribution in [-0.2, 0) is 0 Å². The molecule has 0 bridgehead atoms. The maximum absolute atomic E-state index is 4.14. The quantitative estimate of drug-likeness (QED) is 0.727. The Hall–Kier alpha value is -0.700. The molecular weight excluding hydrogens is 168 g/mol. The van der Waals surface area contributed by atoms with Crippen molar-refractivity contribution in [2.24, 2.45) is 0 Å². The van der Waals surface area contributed by atoms with Crippen LogP contribution in [0.2, 0.25) is 0 Å². The van der Waals surface area contributed by atoms with E-state index in [4.69, 9.17) is 0 Å². The molecule has 0 aliphatic carbocycles. The number of nitrogens with one attached hydrogen (secondary N) is 1. The van der Waals surface area contributed by atoms with Gasteiger partial charge in [-0.1, -0.05) is 13.8 Å². The summed E-state index contributed by atoms with van der Waals surface area (Å²) in [6.45, 7) is 4.37. The molecule has 1 heterocycles. The zero-order valence-electron chi connectivity index (χ0n) is 7.66. The number of rotatable bonds is 3. The van der Waals surface area contributed by atoms with Crippen LogP contribution in [-0.4, -0.2) is 17.3 Å². The predicted octanol–water partition coefficient (Wildman–Crippen LogP) is 2.62. The van der Waals surface area contributed by atoms with Crippen molar-refractivity contribution >= 4 is 17.6 Å². The van der Waals surface area contributed by atoms with Gasteiger partial charge in [0.15, 0.2) is 0 Å². The van der Waals surface area contributed by atoms with E-state index in [0.29, 0.717) is 5.25 Å². The Labute approximate surface area is 77.8 Å². The minimum absolute atomic E-state index is 0.622. The number of aromatic nitrogens is 1. The molecule has 0 unspecified atom stereocenters. The van der Waals surface area contributed by atoms with Crippen LogP contribution in [0.3, 0.4) is 0 Å². The van der Waals surface area contributed by atoms with Crippen molar-refractivity contribution in [2.45, 2.75) is 24.0 Å². The molecule has 0 aliphatic heterocycles. The van der Waals surface area contributed by atoms with Crippen LogP contribution in [0.5, 0.6) is 0 Å². The Morgan fingerprint density at radius 2 is 2.25 bits per heavy atom. The molecule has 12 heavy (non-hydrogen) atoms. The molecule has 1 aromatic rings. The lowest BCUT2D eigenvalue weighted by molar-refractivity contribution is 1.11. The van der Waals surface area contributed by atoms with E-state index in [0.717, 1.165) is 5.82 Å². The molecule has 0 saturated heterocycles. The topological polar surface area (TPSA) is 24.9 Å². The van der Waals surface area contributed by atoms with Crippen molar-refractivity contribution in [1.82, 2.24) is 4.98 Å². The van der Waals surface area contributed by atoms with E-state index in [1.54, 1.807) is 0 Å². The molecular formula is C9H14N2S. The van der Waals surface area contributed by atoms with Crippen LogP contribution in [0.25, 0.3) is 0 Å². The Bertz CT molecular complexity index is 248. The molecule has 3 heteroatoms. The van der Waals surface area contributed by atoms with Crippen LogP contribution >= 0.6 is 11.8 Å². The minimum Gasteiger partial charge on any atom is -0.373 e. The van der Waals surface area contributed by atoms with Crippen molar-refractivity contribution in [3.8, 4) is 0 Å². The molecule has 2 nitrogen and oxygen atoms in total. The average Bonchev–Trinajstić information content (AvgIpc) is 2.03. The molecule has 0 atom stereocenters. The molecule has 0 spiro atoms. The fraction of sp³-hybridized carbons (Fsp3) is 0.444. The predicted molar refractivity (Wildman–Crippen MR) is 54.8 cm³/mol. The summed E-state index contributed by atoms with van der Waals surface area (Å²) < 4.78 is 0. The maximum atomic E-state index is 4.14. The van der Waals surface area contributed by atoms with Gasteiger partial charge in [-0.25, -0.2) is 4.98 Å². The van der Waals surface area contributed by atoms with Crippen molar-refractivity contribution in [3.63, 3.8) is 0 Å². The first kappa shape index (κ1) is 9.39. The Kier molecular flexibility index (Phi) is 3.41. The summed E-state index contributed by atoms with van der Waals surface area (Å²) in [5.41, 5.74) is 0. The van der Waals surface area contributed by atoms with Gasteiger partial charge < -0.3 is 5.32 Å². The minimum atomic E-state index is 0.622. The smallest absolute Gasteiger partial charge is 0.126 e. The van der Waals surface area contributed by atoms with Gasteiger partial charge in [-0.05, 0) is 12.1 Å². The van der Waals surface area contributed by atoms with E-state index < -0.39 is 0 Å². The van der Waals surface area contributed by atoms with E-state index in [-0.39, 0.29) is 0 Å². The molecule has 66 valence electrons. The summed E-state index contributed by atoms with van der Waals surface area (Å²) in [5, 5.41) is 3.64. The first-order chi connectivity index (χ1) is 5.72. The third-order valence-corrected chi connectivity index (χ3v) is 2.36. The van der Waals surface area contributed by atoms with Crippen LogP contribution < -0.4 is 5.32 Å². The highest BCUT2D eigenvalue weighted by molar-refractivity contribution is 7.99. The van der Waals surface area contributed by atoms with Gasteiger partial charge in [-0.3, -0.25) is 0 Å². The maximum Gasteiger partial charge on any atom is 0.126 e. The van der Waals surface area contributed by atoms with E-state index >= 15 is 0 Å². The highest BCUT2D eigenvalue weighted by Gasteiger charge is 1.98. The van der Waals surface area contributed by atoms with Crippen LogP contribution in [0.4, 0.5) is 5.82 Å². The van der Waals surface area contributed by atoms with E-state index in [9.17, 15) is 0 Å². The largest absolute Gasteiger partial charge is 0.373 e. The van der Waals surface area contributed by atoms with Gasteiger partial charge in [-0.2, -0.15) is 0 Å². The molecule has 1 aromatic heterocycles. The molecule has 1 rings (SSSR count). The Morgan fingerprint density at radius 1 is 1.50 bits per heavy atom. The van der Waals surface area contributed by atoms with E-state index in [2.05, 4.69) is 30.2 Å². The van der Waals surface area contributed by atoms with Gasteiger partial charge in [0.25, 0.3) is 0 Å². The third-order valence-electron chi connectivity index (χ3n) is 1.36. The highest BCUT2D eigenvalue weighted by Crippen LogP contribution is 2.23. The number of pyridine rings is 1. The number of nitrogens with zero attached hydrogens (tertiary/aromatic N) is 1. The van der Waals surface area contributed by atoms with Gasteiger partial charge in [0.2, 0.25) is 0 Å². The second-order valence-corrected chi connectivity index (χ2v) is 4.44. The summed E-state index contributed by atoms with van der Waals surface area (Å²) >= 11 is 1.85. The average molecular weight is 182 g/mol. The first-order valence-corrected chi connectivity index (χ1v) is 4.91. The SMILES string of the molecule is CNc1cc(SC(C)C)ccn1. The van der Waals surface area contributed by atoms with Gasteiger partial charge in [-0.15, -0.1) is 11.8 Å². The normalized spacial score (nSPS) is 10.3. The van der Waals surface area contributed by atoms with Gasteiger partial charge in [0, 0.05) is 23.4 Å². The number of hydrogen-bond acceptors (Lipinski definition) is 3. The van der Waals surface area contributed by atoms with Crippen LogP contribution in [0.1, 0.15) is 13.8 Å². The lowest BCUT2D eigenvalue weighted by Crippen LogP contribution is -1.92. The van der Waals surface area contributed by atoms with Gasteiger partial charge in [0.1, 0.15) is 5.82 Å². The summed E-state index contributed by atoms with van der Waals surface area (Å²) in [5.74, 6) is 0.931. The number of anilines is 1. The molecule has 0 aromatic carbocycles. The fourth-order valence-corrected chi connectivity index (χ4v) is 1.76. The van der Waals surface area contributed by atoms with E-state index in [1.165, 1.54) is 4.90 Å². The zero-order chi connectivity index (χ0) is 8.97. The molecule has 0 amide bonds. The summed E-state index contributed by atoms with van der Waals surface area (Å²) in [4.78, 5) is 5.41. The monoisotopic (exact) mass is 182 g/mol. The second kappa shape index (κ2) is 4.36. The number of hydrogen-bond donors (Lipinski definition) is 1. The van der Waals surface area contributed by atoms with Crippen molar-refractivity contribution in [2.75, 3.05) is 12.4 Å². The lowest BCUT2D eigenvalue weighted by Gasteiger charge is -2.05. The van der Waals surface area contributed by atoms with Gasteiger partial charge in [0.05, 0.1) is 0 Å². The summed E-state index contributed by atoms with van der Waals surface area (Å²) in [7, 11) is 1.88. The molecule has 1 N–H and O–H groups in total. The summed E-state index contributed by atoms with van der Waals surface area (Å²) in [6, 6.07) is 4.09. The Morgan fingerprint density at radius 3 is 2.83 bits per heavy atom. The van der Waals surface area contributed by atoms with Gasteiger partial charge >= 0.3 is 0 Å². The third kappa shape index (κ3) is 2.74. The van der Waals surface area contributed by atoms with Crippen LogP contribution in [0.15, 0.2) is 23.2 Å². The molecule has 0 aliphatic rings. The Balaban J connectivity index is 2.72. The van der Waals surface area contributed by atoms with Crippen molar-refractivity contribution in [3.05, 3.63) is 18.3 Å². The lowest BCUT2D eigenvalue weighted by atomic mass is 10.5. The van der Waals surface area contributed by atoms with E-state index in [1.807, 2.05) is 31.1 Å². The van der Waals surface area contributed by atoms with Crippen LogP contribution in [0, 0.1) is 0 Å². The summed E-state index contributed by atoms with van der Waals surface area (Å²) in [6.07, 6.45) is 1.83. The first-order valence-electron chi connectivity index (χ1n) is 4.03. The highest BCUT2D eigenvalue weighted by atomic mass is 32.2. The number of thioether (sulfide) groups is 1. The molecule has 0 radical (unpaired) electrons. The molecule has 0 saturated carbocycles. The van der Waals surface area contributed by atoms with Crippen molar-refractivity contribution in [1.29, 1.82) is 0 Å². The fourth-order valence-electron chi connectivity index (χ4n) is 0.893. The van der Waals surface area contributed by atoms with Crippen molar-refractivity contribution < 1.29 is 0 Å². The standard InChI is InChI=1S/C9H14N2S/c1-7(2)12-8-4-5-11-9(6-8)10-3/h4-7H,1-3H3,(H,10,11). The second-order valence-electron chi connectivity index (χ2n) is 2.79. The zero-order valence-corrected chi connectivity index (χ0v) is 8.48. The molecule has 0 fully saturated rings.